The van der Waals surface area contributed by atoms with Crippen molar-refractivity contribution < 1.29 is 14.3 Å². The Morgan fingerprint density at radius 3 is 2.50 bits per heavy atom. The lowest BCUT2D eigenvalue weighted by atomic mass is 10.3. The Bertz CT molecular complexity index is 236. The number of hydrogen-bond donors (Lipinski definition) is 1. The highest BCUT2D eigenvalue weighted by Gasteiger charge is 2.13. The Kier molecular flexibility index (Phi) is 4.54. The molecule has 0 fully saturated rings. The number of rotatable bonds is 2. The summed E-state index contributed by atoms with van der Waals surface area (Å²) >= 11 is 0. The lowest BCUT2D eigenvalue weighted by molar-refractivity contribution is -0.143. The number of carbonyl (C=O) groups is 2. The van der Waals surface area contributed by atoms with Gasteiger partial charge >= 0.3 is 5.97 Å². The predicted molar refractivity (Wildman–Crippen MR) is 43.1 cm³/mol. The molecule has 0 saturated heterocycles. The molecule has 1 N–H and O–H groups in total. The van der Waals surface area contributed by atoms with Gasteiger partial charge < -0.3 is 10.1 Å². The first-order chi connectivity index (χ1) is 5.61. The van der Waals surface area contributed by atoms with Crippen LogP contribution in [-0.2, 0) is 14.3 Å². The van der Waals surface area contributed by atoms with Crippen molar-refractivity contribution in [3.05, 3.63) is 0 Å². The van der Waals surface area contributed by atoms with Gasteiger partial charge in [0.2, 0.25) is 0 Å². The molecule has 1 atom stereocenters. The van der Waals surface area contributed by atoms with Crippen LogP contribution in [0.15, 0.2) is 0 Å². The molecule has 0 aromatic rings. The summed E-state index contributed by atoms with van der Waals surface area (Å²) < 4.78 is 4.39. The van der Waals surface area contributed by atoms with Crippen LogP contribution in [0.2, 0.25) is 0 Å². The largest absolute Gasteiger partial charge is 0.467 e. The smallest absolute Gasteiger partial charge is 0.328 e. The van der Waals surface area contributed by atoms with Crippen LogP contribution in [0.3, 0.4) is 0 Å². The van der Waals surface area contributed by atoms with Gasteiger partial charge in [0, 0.05) is 0 Å². The standard InChI is InChI=1S/C8H11NO3/c1-4-5-7(10)9-6(2)8(11)12-3/h6H,1-3H3,(H,9,10)/t6-/m0/s1. The quantitative estimate of drug-likeness (QED) is 0.455. The third-order valence-electron chi connectivity index (χ3n) is 1.14. The van der Waals surface area contributed by atoms with Crippen LogP contribution in [0.1, 0.15) is 13.8 Å². The molecule has 0 unspecified atom stereocenters. The number of methoxy groups -OCH3 is 1. The maximum atomic E-state index is 10.8. The summed E-state index contributed by atoms with van der Waals surface area (Å²) in [5.74, 6) is 3.70. The maximum absolute atomic E-state index is 10.8. The first-order valence-electron chi connectivity index (χ1n) is 3.43. The van der Waals surface area contributed by atoms with Crippen molar-refractivity contribution in [3.8, 4) is 11.8 Å². The van der Waals surface area contributed by atoms with E-state index in [4.69, 9.17) is 0 Å². The van der Waals surface area contributed by atoms with Gasteiger partial charge in [0.05, 0.1) is 7.11 Å². The lowest BCUT2D eigenvalue weighted by Gasteiger charge is -2.07. The summed E-state index contributed by atoms with van der Waals surface area (Å²) in [5.41, 5.74) is 0. The Morgan fingerprint density at radius 1 is 1.50 bits per heavy atom. The number of ether oxygens (including phenoxy) is 1. The van der Waals surface area contributed by atoms with E-state index >= 15 is 0 Å². The van der Waals surface area contributed by atoms with Crippen LogP contribution in [0.4, 0.5) is 0 Å². The number of nitrogens with one attached hydrogen (secondary N) is 1. The van der Waals surface area contributed by atoms with E-state index in [0.29, 0.717) is 0 Å². The molecule has 0 aliphatic rings. The average Bonchev–Trinajstić information content (AvgIpc) is 2.03. The molecule has 0 saturated carbocycles. The van der Waals surface area contributed by atoms with Crippen molar-refractivity contribution in [3.63, 3.8) is 0 Å². The topological polar surface area (TPSA) is 55.4 Å². The molecule has 12 heavy (non-hydrogen) atoms. The van der Waals surface area contributed by atoms with E-state index in [-0.39, 0.29) is 0 Å². The predicted octanol–water partition coefficient (Wildman–Crippen LogP) is -0.313. The van der Waals surface area contributed by atoms with E-state index < -0.39 is 17.9 Å². The van der Waals surface area contributed by atoms with Crippen molar-refractivity contribution in [1.82, 2.24) is 5.32 Å². The molecule has 1 amide bonds. The fraction of sp³-hybridized carbons (Fsp3) is 0.500. The van der Waals surface area contributed by atoms with Crippen molar-refractivity contribution in [1.29, 1.82) is 0 Å². The van der Waals surface area contributed by atoms with Crippen LogP contribution < -0.4 is 5.32 Å². The van der Waals surface area contributed by atoms with E-state index in [2.05, 4.69) is 21.9 Å². The average molecular weight is 169 g/mol. The molecular weight excluding hydrogens is 158 g/mol. The highest BCUT2D eigenvalue weighted by Crippen LogP contribution is 1.84. The van der Waals surface area contributed by atoms with Crippen molar-refractivity contribution in [2.75, 3.05) is 7.11 Å². The van der Waals surface area contributed by atoms with E-state index in [1.54, 1.807) is 6.92 Å². The van der Waals surface area contributed by atoms with Gasteiger partial charge in [-0.05, 0) is 19.8 Å². The zero-order valence-corrected chi connectivity index (χ0v) is 7.30. The Hall–Kier alpha value is -1.50. The van der Waals surface area contributed by atoms with Crippen molar-refractivity contribution in [2.24, 2.45) is 0 Å². The third kappa shape index (κ3) is 3.62. The molecule has 0 spiro atoms. The maximum Gasteiger partial charge on any atom is 0.328 e. The molecule has 0 aromatic heterocycles. The van der Waals surface area contributed by atoms with Crippen LogP contribution in [0.5, 0.6) is 0 Å². The number of hydrogen-bond acceptors (Lipinski definition) is 3. The Balaban J connectivity index is 3.97. The van der Waals surface area contributed by atoms with Gasteiger partial charge in [0.25, 0.3) is 5.91 Å². The minimum atomic E-state index is -0.650. The molecule has 0 heterocycles. The molecule has 0 aliphatic carbocycles. The summed E-state index contributed by atoms with van der Waals surface area (Å²) in [4.78, 5) is 21.5. The third-order valence-corrected chi connectivity index (χ3v) is 1.14. The summed E-state index contributed by atoms with van der Waals surface area (Å²) in [6.45, 7) is 3.07. The second-order valence-corrected chi connectivity index (χ2v) is 2.09. The fourth-order valence-corrected chi connectivity index (χ4v) is 0.582. The van der Waals surface area contributed by atoms with Crippen molar-refractivity contribution in [2.45, 2.75) is 19.9 Å². The van der Waals surface area contributed by atoms with E-state index in [1.807, 2.05) is 0 Å². The van der Waals surface area contributed by atoms with Crippen LogP contribution in [-0.4, -0.2) is 25.0 Å². The summed E-state index contributed by atoms with van der Waals surface area (Å²) in [7, 11) is 1.26. The molecule has 0 aromatic carbocycles. The Morgan fingerprint density at radius 2 is 2.08 bits per heavy atom. The molecule has 0 bridgehead atoms. The number of carbonyl (C=O) groups excluding carboxylic acids is 2. The van der Waals surface area contributed by atoms with Gasteiger partial charge in [-0.3, -0.25) is 4.79 Å². The highest BCUT2D eigenvalue weighted by atomic mass is 16.5. The summed E-state index contributed by atoms with van der Waals surface area (Å²) in [5, 5.41) is 2.34. The van der Waals surface area contributed by atoms with Crippen LogP contribution >= 0.6 is 0 Å². The van der Waals surface area contributed by atoms with E-state index in [0.717, 1.165) is 0 Å². The van der Waals surface area contributed by atoms with Gasteiger partial charge in [-0.15, -0.1) is 0 Å². The highest BCUT2D eigenvalue weighted by molar-refractivity contribution is 5.95. The molecule has 4 heteroatoms. The van der Waals surface area contributed by atoms with Gasteiger partial charge in [-0.25, -0.2) is 4.79 Å². The number of amides is 1. The monoisotopic (exact) mass is 169 g/mol. The molecule has 66 valence electrons. The van der Waals surface area contributed by atoms with E-state index in [1.165, 1.54) is 14.0 Å². The summed E-state index contributed by atoms with van der Waals surface area (Å²) in [6.07, 6.45) is 0. The van der Waals surface area contributed by atoms with Crippen LogP contribution in [0, 0.1) is 11.8 Å². The molecule has 4 nitrogen and oxygen atoms in total. The first kappa shape index (κ1) is 10.5. The van der Waals surface area contributed by atoms with Gasteiger partial charge in [0.1, 0.15) is 6.04 Å². The lowest BCUT2D eigenvalue weighted by Crippen LogP contribution is -2.38. The zero-order valence-electron chi connectivity index (χ0n) is 7.30. The Labute approximate surface area is 71.3 Å². The minimum absolute atomic E-state index is 0.476. The molecule has 0 rings (SSSR count). The van der Waals surface area contributed by atoms with Crippen molar-refractivity contribution >= 4 is 11.9 Å². The SMILES string of the molecule is CC#CC(=O)N[C@@H](C)C(=O)OC. The molecule has 0 aliphatic heterocycles. The second kappa shape index (κ2) is 5.19. The second-order valence-electron chi connectivity index (χ2n) is 2.09. The first-order valence-corrected chi connectivity index (χ1v) is 3.43. The van der Waals surface area contributed by atoms with Gasteiger partial charge in [-0.1, -0.05) is 5.92 Å². The van der Waals surface area contributed by atoms with Crippen LogP contribution in [0.25, 0.3) is 0 Å². The number of esters is 1. The van der Waals surface area contributed by atoms with E-state index in [9.17, 15) is 9.59 Å². The summed E-state index contributed by atoms with van der Waals surface area (Å²) in [6, 6.07) is -0.650. The van der Waals surface area contributed by atoms with Gasteiger partial charge in [0.15, 0.2) is 0 Å². The fourth-order valence-electron chi connectivity index (χ4n) is 0.582. The minimum Gasteiger partial charge on any atom is -0.467 e. The normalized spacial score (nSPS) is 10.6. The molecule has 0 radical (unpaired) electrons. The van der Waals surface area contributed by atoms with Gasteiger partial charge in [-0.2, -0.15) is 0 Å². The molecular formula is C8H11NO3. The zero-order chi connectivity index (χ0) is 9.56.